The van der Waals surface area contributed by atoms with Gasteiger partial charge in [0.25, 0.3) is 5.91 Å². The highest BCUT2D eigenvalue weighted by molar-refractivity contribution is 7.21. The zero-order valence-electron chi connectivity index (χ0n) is 10.7. The lowest BCUT2D eigenvalue weighted by Crippen LogP contribution is -2.27. The van der Waals surface area contributed by atoms with Gasteiger partial charge in [0, 0.05) is 11.2 Å². The lowest BCUT2D eigenvalue weighted by Gasteiger charge is -2.04. The predicted molar refractivity (Wildman–Crippen MR) is 76.4 cm³/mol. The molecule has 0 saturated heterocycles. The predicted octanol–water partition coefficient (Wildman–Crippen LogP) is 1.36. The van der Waals surface area contributed by atoms with Gasteiger partial charge < -0.3 is 20.9 Å². The third-order valence-corrected chi connectivity index (χ3v) is 3.84. The molecule has 1 aromatic carbocycles. The standard InChI is InChI=1S/C13H15FN2O3S/c14-8-2-1-3-9-10(8)11(15)12(20-9)13(18)16-4-6-19-7-5-17/h1-3,17H,4-7,15H2,(H,16,18). The fourth-order valence-electron chi connectivity index (χ4n) is 1.78. The van der Waals surface area contributed by atoms with Crippen LogP contribution in [0.5, 0.6) is 0 Å². The molecule has 1 amide bonds. The van der Waals surface area contributed by atoms with E-state index < -0.39 is 5.82 Å². The molecule has 0 radical (unpaired) electrons. The van der Waals surface area contributed by atoms with E-state index in [2.05, 4.69) is 5.32 Å². The second kappa shape index (κ2) is 6.65. The summed E-state index contributed by atoms with van der Waals surface area (Å²) in [5, 5.41) is 11.5. The van der Waals surface area contributed by atoms with Crippen molar-refractivity contribution in [1.29, 1.82) is 0 Å². The normalized spacial score (nSPS) is 10.9. The van der Waals surface area contributed by atoms with Crippen molar-refractivity contribution < 1.29 is 19.0 Å². The summed E-state index contributed by atoms with van der Waals surface area (Å²) in [6.45, 7) is 0.767. The highest BCUT2D eigenvalue weighted by atomic mass is 32.1. The maximum Gasteiger partial charge on any atom is 0.263 e. The van der Waals surface area contributed by atoms with Gasteiger partial charge in [-0.3, -0.25) is 4.79 Å². The number of hydrogen-bond acceptors (Lipinski definition) is 5. The molecule has 0 fully saturated rings. The molecule has 2 aromatic rings. The second-order valence-electron chi connectivity index (χ2n) is 4.05. The first-order valence-electron chi connectivity index (χ1n) is 6.08. The molecule has 0 saturated carbocycles. The van der Waals surface area contributed by atoms with Gasteiger partial charge in [-0.05, 0) is 12.1 Å². The number of nitrogens with two attached hydrogens (primary N) is 1. The number of benzene rings is 1. The number of aliphatic hydroxyl groups is 1. The van der Waals surface area contributed by atoms with E-state index in [0.717, 1.165) is 11.3 Å². The van der Waals surface area contributed by atoms with Gasteiger partial charge in [-0.2, -0.15) is 0 Å². The van der Waals surface area contributed by atoms with Gasteiger partial charge in [0.05, 0.1) is 30.9 Å². The number of hydrogen-bond donors (Lipinski definition) is 3. The number of anilines is 1. The van der Waals surface area contributed by atoms with Crippen molar-refractivity contribution >= 4 is 33.0 Å². The van der Waals surface area contributed by atoms with Crippen LogP contribution in [0.1, 0.15) is 9.67 Å². The molecule has 0 aliphatic carbocycles. The third kappa shape index (κ3) is 3.06. The molecule has 5 nitrogen and oxygen atoms in total. The van der Waals surface area contributed by atoms with E-state index in [-0.39, 0.29) is 24.8 Å². The smallest absolute Gasteiger partial charge is 0.263 e. The Kier molecular flexibility index (Phi) is 4.89. The molecule has 0 aliphatic heterocycles. The molecule has 20 heavy (non-hydrogen) atoms. The average molecular weight is 298 g/mol. The summed E-state index contributed by atoms with van der Waals surface area (Å²) in [6, 6.07) is 4.62. The van der Waals surface area contributed by atoms with Crippen molar-refractivity contribution in [2.45, 2.75) is 0 Å². The summed E-state index contributed by atoms with van der Waals surface area (Å²) >= 11 is 1.16. The van der Waals surface area contributed by atoms with Crippen LogP contribution >= 0.6 is 11.3 Å². The molecular weight excluding hydrogens is 283 g/mol. The third-order valence-electron chi connectivity index (χ3n) is 2.68. The number of carbonyl (C=O) groups is 1. The summed E-state index contributed by atoms with van der Waals surface area (Å²) in [5.41, 5.74) is 6.00. The summed E-state index contributed by atoms with van der Waals surface area (Å²) in [7, 11) is 0. The Morgan fingerprint density at radius 1 is 1.45 bits per heavy atom. The maximum absolute atomic E-state index is 13.7. The number of nitrogens with one attached hydrogen (secondary N) is 1. The van der Waals surface area contributed by atoms with Crippen LogP contribution in [-0.2, 0) is 4.74 Å². The number of aliphatic hydroxyl groups excluding tert-OH is 1. The number of amides is 1. The monoisotopic (exact) mass is 298 g/mol. The van der Waals surface area contributed by atoms with Gasteiger partial charge >= 0.3 is 0 Å². The van der Waals surface area contributed by atoms with Crippen molar-refractivity contribution in [3.05, 3.63) is 28.9 Å². The largest absolute Gasteiger partial charge is 0.397 e. The topological polar surface area (TPSA) is 84.6 Å². The van der Waals surface area contributed by atoms with E-state index in [1.54, 1.807) is 12.1 Å². The van der Waals surface area contributed by atoms with Crippen LogP contribution in [0.2, 0.25) is 0 Å². The first-order valence-corrected chi connectivity index (χ1v) is 6.90. The van der Waals surface area contributed by atoms with E-state index in [9.17, 15) is 9.18 Å². The molecule has 1 heterocycles. The van der Waals surface area contributed by atoms with Gasteiger partial charge in [-0.25, -0.2) is 4.39 Å². The van der Waals surface area contributed by atoms with E-state index in [4.69, 9.17) is 15.6 Å². The van der Waals surface area contributed by atoms with Crippen LogP contribution in [-0.4, -0.2) is 37.4 Å². The molecular formula is C13H15FN2O3S. The summed E-state index contributed by atoms with van der Waals surface area (Å²) in [5.74, 6) is -0.780. The fourth-order valence-corrected chi connectivity index (χ4v) is 2.83. The highest BCUT2D eigenvalue weighted by Gasteiger charge is 2.18. The zero-order valence-corrected chi connectivity index (χ0v) is 11.5. The van der Waals surface area contributed by atoms with Crippen LogP contribution in [0.3, 0.4) is 0 Å². The first-order chi connectivity index (χ1) is 9.65. The van der Waals surface area contributed by atoms with E-state index in [1.165, 1.54) is 6.07 Å². The second-order valence-corrected chi connectivity index (χ2v) is 5.10. The summed E-state index contributed by atoms with van der Waals surface area (Å²) in [6.07, 6.45) is 0. The lowest BCUT2D eigenvalue weighted by molar-refractivity contribution is 0.0841. The van der Waals surface area contributed by atoms with Crippen molar-refractivity contribution in [2.24, 2.45) is 0 Å². The molecule has 0 atom stereocenters. The molecule has 0 unspecified atom stereocenters. The minimum Gasteiger partial charge on any atom is -0.397 e. The molecule has 1 aromatic heterocycles. The summed E-state index contributed by atoms with van der Waals surface area (Å²) < 4.78 is 19.3. The summed E-state index contributed by atoms with van der Waals surface area (Å²) in [4.78, 5) is 12.3. The van der Waals surface area contributed by atoms with Crippen molar-refractivity contribution in [1.82, 2.24) is 5.32 Å². The lowest BCUT2D eigenvalue weighted by atomic mass is 10.2. The first kappa shape index (κ1) is 14.7. The fraction of sp³-hybridized carbons (Fsp3) is 0.308. The van der Waals surface area contributed by atoms with Crippen LogP contribution in [0.25, 0.3) is 10.1 Å². The Balaban J connectivity index is 2.07. The highest BCUT2D eigenvalue weighted by Crippen LogP contribution is 2.35. The average Bonchev–Trinajstić information content (AvgIpc) is 2.77. The molecule has 7 heteroatoms. The zero-order chi connectivity index (χ0) is 14.5. The molecule has 2 rings (SSSR count). The van der Waals surface area contributed by atoms with Gasteiger partial charge in [-0.15, -0.1) is 11.3 Å². The molecule has 0 spiro atoms. The molecule has 4 N–H and O–H groups in total. The Hall–Kier alpha value is -1.70. The molecule has 0 aliphatic rings. The number of ether oxygens (including phenoxy) is 1. The number of nitrogen functional groups attached to an aromatic ring is 1. The van der Waals surface area contributed by atoms with Crippen molar-refractivity contribution in [3.8, 4) is 0 Å². The van der Waals surface area contributed by atoms with Crippen LogP contribution in [0.4, 0.5) is 10.1 Å². The van der Waals surface area contributed by atoms with E-state index in [1.807, 2.05) is 0 Å². The molecule has 108 valence electrons. The number of carbonyl (C=O) groups excluding carboxylic acids is 1. The quantitative estimate of drug-likeness (QED) is 0.703. The Labute approximate surface area is 119 Å². The van der Waals surface area contributed by atoms with Crippen molar-refractivity contribution in [3.63, 3.8) is 0 Å². The van der Waals surface area contributed by atoms with Crippen LogP contribution in [0.15, 0.2) is 18.2 Å². The Bertz CT molecular complexity index is 615. The number of halogens is 1. The van der Waals surface area contributed by atoms with Gasteiger partial charge in [0.15, 0.2) is 0 Å². The SMILES string of the molecule is Nc1c(C(=O)NCCOCCO)sc2cccc(F)c12. The van der Waals surface area contributed by atoms with Crippen LogP contribution < -0.4 is 11.1 Å². The minimum atomic E-state index is -0.429. The minimum absolute atomic E-state index is 0.0590. The number of thiophene rings is 1. The van der Waals surface area contributed by atoms with Crippen LogP contribution in [0, 0.1) is 5.82 Å². The van der Waals surface area contributed by atoms with E-state index in [0.29, 0.717) is 28.1 Å². The number of fused-ring (bicyclic) bond motifs is 1. The van der Waals surface area contributed by atoms with Gasteiger partial charge in [-0.1, -0.05) is 6.07 Å². The number of rotatable bonds is 6. The van der Waals surface area contributed by atoms with E-state index >= 15 is 0 Å². The Morgan fingerprint density at radius 3 is 2.95 bits per heavy atom. The van der Waals surface area contributed by atoms with Gasteiger partial charge in [0.1, 0.15) is 10.7 Å². The Morgan fingerprint density at radius 2 is 2.25 bits per heavy atom. The van der Waals surface area contributed by atoms with Gasteiger partial charge in [0.2, 0.25) is 0 Å². The maximum atomic E-state index is 13.7. The van der Waals surface area contributed by atoms with Crippen molar-refractivity contribution in [2.75, 3.05) is 32.1 Å². The molecule has 0 bridgehead atoms.